The second kappa shape index (κ2) is 5.01. The van der Waals surface area contributed by atoms with Crippen LogP contribution in [0.3, 0.4) is 0 Å². The lowest BCUT2D eigenvalue weighted by Gasteiger charge is -2.32. The fourth-order valence-corrected chi connectivity index (χ4v) is 1.92. The maximum absolute atomic E-state index is 10.9. The van der Waals surface area contributed by atoms with Gasteiger partial charge in [0.15, 0.2) is 5.13 Å². The van der Waals surface area contributed by atoms with Crippen LogP contribution >= 0.6 is 11.3 Å². The summed E-state index contributed by atoms with van der Waals surface area (Å²) >= 11 is 1.18. The summed E-state index contributed by atoms with van der Waals surface area (Å²) in [6.45, 7) is 6.64. The number of carbonyl (C=O) groups is 1. The Morgan fingerprint density at radius 1 is 1.53 bits per heavy atom. The molecule has 0 saturated heterocycles. The molecule has 1 heterocycles. The number of carboxylic acids is 1. The predicted octanol–water partition coefficient (Wildman–Crippen LogP) is 1.90. The zero-order valence-corrected chi connectivity index (χ0v) is 11.7. The van der Waals surface area contributed by atoms with Crippen LogP contribution in [0.5, 0.6) is 0 Å². The topological polar surface area (TPSA) is 65.5 Å². The molecule has 96 valence electrons. The average molecular weight is 257 g/mol. The molecule has 1 rings (SSSR count). The maximum Gasteiger partial charge on any atom is 0.347 e. The van der Waals surface area contributed by atoms with Crippen LogP contribution in [0.1, 0.15) is 29.2 Å². The molecule has 0 aliphatic rings. The van der Waals surface area contributed by atoms with E-state index in [1.807, 2.05) is 14.1 Å². The Hall–Kier alpha value is -1.14. The van der Waals surface area contributed by atoms with Crippen molar-refractivity contribution >= 4 is 22.4 Å². The van der Waals surface area contributed by atoms with Crippen LogP contribution < -0.4 is 5.32 Å². The minimum Gasteiger partial charge on any atom is -0.477 e. The van der Waals surface area contributed by atoms with E-state index in [4.69, 9.17) is 5.11 Å². The largest absolute Gasteiger partial charge is 0.477 e. The van der Waals surface area contributed by atoms with Crippen molar-refractivity contribution in [3.63, 3.8) is 0 Å². The van der Waals surface area contributed by atoms with Crippen LogP contribution in [0.2, 0.25) is 0 Å². The lowest BCUT2D eigenvalue weighted by atomic mass is 10.1. The van der Waals surface area contributed by atoms with Crippen LogP contribution in [0.25, 0.3) is 0 Å². The molecule has 1 aromatic rings. The van der Waals surface area contributed by atoms with E-state index in [1.165, 1.54) is 11.3 Å². The Morgan fingerprint density at radius 3 is 2.53 bits per heavy atom. The standard InChI is InChI=1S/C11H19N3O2S/c1-7-8(9(15)16)17-10(13-7)12-6-11(2,3)14(4)5/h6H2,1-5H3,(H,12,13)(H,15,16). The number of hydrogen-bond donors (Lipinski definition) is 2. The number of nitrogens with zero attached hydrogens (tertiary/aromatic N) is 2. The van der Waals surface area contributed by atoms with Crippen molar-refractivity contribution in [3.8, 4) is 0 Å². The van der Waals surface area contributed by atoms with Crippen molar-refractivity contribution in [3.05, 3.63) is 10.6 Å². The van der Waals surface area contributed by atoms with Gasteiger partial charge in [0.05, 0.1) is 5.69 Å². The molecule has 2 N–H and O–H groups in total. The molecular weight excluding hydrogens is 238 g/mol. The fraction of sp³-hybridized carbons (Fsp3) is 0.636. The van der Waals surface area contributed by atoms with Gasteiger partial charge in [-0.05, 0) is 34.9 Å². The molecule has 0 unspecified atom stereocenters. The minimum absolute atomic E-state index is 0.0110. The highest BCUT2D eigenvalue weighted by atomic mass is 32.1. The van der Waals surface area contributed by atoms with Gasteiger partial charge in [0.25, 0.3) is 0 Å². The highest BCUT2D eigenvalue weighted by Crippen LogP contribution is 2.23. The molecule has 17 heavy (non-hydrogen) atoms. The molecule has 0 amide bonds. The van der Waals surface area contributed by atoms with Gasteiger partial charge < -0.3 is 15.3 Å². The fourth-order valence-electron chi connectivity index (χ4n) is 1.12. The van der Waals surface area contributed by atoms with E-state index < -0.39 is 5.97 Å². The molecule has 0 fully saturated rings. The normalized spacial score (nSPS) is 11.9. The first kappa shape index (κ1) is 13.9. The summed E-state index contributed by atoms with van der Waals surface area (Å²) in [6.07, 6.45) is 0. The van der Waals surface area contributed by atoms with Gasteiger partial charge in [0, 0.05) is 12.1 Å². The lowest BCUT2D eigenvalue weighted by Crippen LogP contribution is -2.44. The Kier molecular flexibility index (Phi) is 4.11. The van der Waals surface area contributed by atoms with Crippen molar-refractivity contribution in [1.29, 1.82) is 0 Å². The summed E-state index contributed by atoms with van der Waals surface area (Å²) in [5.74, 6) is -0.917. The van der Waals surface area contributed by atoms with Gasteiger partial charge in [-0.3, -0.25) is 0 Å². The van der Waals surface area contributed by atoms with Gasteiger partial charge in [-0.1, -0.05) is 11.3 Å². The summed E-state index contributed by atoms with van der Waals surface area (Å²) in [6, 6.07) is 0. The summed E-state index contributed by atoms with van der Waals surface area (Å²) < 4.78 is 0. The monoisotopic (exact) mass is 257 g/mol. The number of aromatic nitrogens is 1. The molecule has 6 heteroatoms. The van der Waals surface area contributed by atoms with E-state index in [0.717, 1.165) is 0 Å². The zero-order valence-electron chi connectivity index (χ0n) is 10.9. The molecule has 0 aliphatic heterocycles. The third-order valence-electron chi connectivity index (χ3n) is 2.87. The minimum atomic E-state index is -0.917. The zero-order chi connectivity index (χ0) is 13.2. The van der Waals surface area contributed by atoms with E-state index in [0.29, 0.717) is 22.2 Å². The van der Waals surface area contributed by atoms with E-state index in [-0.39, 0.29) is 5.54 Å². The van der Waals surface area contributed by atoms with Crippen molar-refractivity contribution in [2.45, 2.75) is 26.3 Å². The Balaban J connectivity index is 2.71. The van der Waals surface area contributed by atoms with Gasteiger partial charge in [-0.2, -0.15) is 0 Å². The molecule has 0 spiro atoms. The van der Waals surface area contributed by atoms with Crippen molar-refractivity contribution < 1.29 is 9.90 Å². The number of rotatable bonds is 5. The maximum atomic E-state index is 10.9. The molecule has 0 atom stereocenters. The van der Waals surface area contributed by atoms with Gasteiger partial charge in [-0.15, -0.1) is 0 Å². The first-order chi connectivity index (χ1) is 7.74. The number of nitrogens with one attached hydrogen (secondary N) is 1. The van der Waals surface area contributed by atoms with E-state index >= 15 is 0 Å². The van der Waals surface area contributed by atoms with Gasteiger partial charge in [0.2, 0.25) is 0 Å². The number of likely N-dealkylation sites (N-methyl/N-ethyl adjacent to an activating group) is 1. The van der Waals surface area contributed by atoms with Gasteiger partial charge in [-0.25, -0.2) is 9.78 Å². The Bertz CT molecular complexity index is 413. The van der Waals surface area contributed by atoms with Gasteiger partial charge >= 0.3 is 5.97 Å². The predicted molar refractivity (Wildman–Crippen MR) is 70.1 cm³/mol. The van der Waals surface area contributed by atoms with Gasteiger partial charge in [0.1, 0.15) is 4.88 Å². The molecule has 0 aromatic carbocycles. The Morgan fingerprint density at radius 2 is 2.12 bits per heavy atom. The second-order valence-corrected chi connectivity index (χ2v) is 5.80. The summed E-state index contributed by atoms with van der Waals surface area (Å²) in [5, 5.41) is 12.8. The summed E-state index contributed by atoms with van der Waals surface area (Å²) in [7, 11) is 4.02. The quantitative estimate of drug-likeness (QED) is 0.843. The van der Waals surface area contributed by atoms with E-state index in [9.17, 15) is 4.79 Å². The molecule has 5 nitrogen and oxygen atoms in total. The number of thiazole rings is 1. The molecule has 1 aromatic heterocycles. The summed E-state index contributed by atoms with van der Waals surface area (Å²) in [5.41, 5.74) is 0.552. The molecule has 0 bridgehead atoms. The first-order valence-corrected chi connectivity index (χ1v) is 6.17. The van der Waals surface area contributed by atoms with Crippen LogP contribution in [-0.4, -0.2) is 47.1 Å². The van der Waals surface area contributed by atoms with Crippen molar-refractivity contribution in [2.75, 3.05) is 26.0 Å². The number of aryl methyl sites for hydroxylation is 1. The number of hydrogen-bond acceptors (Lipinski definition) is 5. The average Bonchev–Trinajstić information content (AvgIpc) is 2.57. The third kappa shape index (κ3) is 3.41. The van der Waals surface area contributed by atoms with E-state index in [2.05, 4.69) is 29.0 Å². The molecule has 0 radical (unpaired) electrons. The number of aromatic carboxylic acids is 1. The SMILES string of the molecule is Cc1nc(NCC(C)(C)N(C)C)sc1C(=O)O. The molecular formula is C11H19N3O2S. The Labute approximate surface area is 105 Å². The lowest BCUT2D eigenvalue weighted by molar-refractivity contribution is 0.0701. The number of carboxylic acid groups (broad SMARTS) is 1. The van der Waals surface area contributed by atoms with Crippen molar-refractivity contribution in [2.24, 2.45) is 0 Å². The molecule has 0 aliphatic carbocycles. The highest BCUT2D eigenvalue weighted by Gasteiger charge is 2.21. The van der Waals surface area contributed by atoms with Crippen LogP contribution in [0, 0.1) is 6.92 Å². The first-order valence-electron chi connectivity index (χ1n) is 5.36. The van der Waals surface area contributed by atoms with E-state index in [1.54, 1.807) is 6.92 Å². The smallest absolute Gasteiger partial charge is 0.347 e. The highest BCUT2D eigenvalue weighted by molar-refractivity contribution is 7.17. The van der Waals surface area contributed by atoms with Crippen LogP contribution in [0.4, 0.5) is 5.13 Å². The van der Waals surface area contributed by atoms with Crippen molar-refractivity contribution in [1.82, 2.24) is 9.88 Å². The van der Waals surface area contributed by atoms with Crippen LogP contribution in [0.15, 0.2) is 0 Å². The molecule has 0 saturated carbocycles. The third-order valence-corrected chi connectivity index (χ3v) is 3.98. The second-order valence-electron chi connectivity index (χ2n) is 4.80. The summed E-state index contributed by atoms with van der Waals surface area (Å²) in [4.78, 5) is 17.5. The van der Waals surface area contributed by atoms with Crippen LogP contribution in [-0.2, 0) is 0 Å². The number of anilines is 1.